The predicted molar refractivity (Wildman–Crippen MR) is 149 cm³/mol. The maximum Gasteiger partial charge on any atom is 0.283 e. The van der Waals surface area contributed by atoms with E-state index in [4.69, 9.17) is 19.6 Å². The van der Waals surface area contributed by atoms with Crippen molar-refractivity contribution < 1.29 is 19.0 Å². The van der Waals surface area contributed by atoms with Crippen LogP contribution in [0.3, 0.4) is 0 Å². The molecule has 0 atom stereocenters. The molecule has 2 aromatic carbocycles. The lowest BCUT2D eigenvalue weighted by Gasteiger charge is -2.20. The summed E-state index contributed by atoms with van der Waals surface area (Å²) in [6.07, 6.45) is 7.15. The normalized spacial score (nSPS) is 15.8. The highest BCUT2D eigenvalue weighted by atomic mass is 32.2. The second-order valence-corrected chi connectivity index (χ2v) is 9.40. The molecule has 0 aliphatic carbocycles. The highest BCUT2D eigenvalue weighted by Crippen LogP contribution is 2.30. The molecule has 2 heterocycles. The van der Waals surface area contributed by atoms with Crippen LogP contribution < -0.4 is 14.2 Å². The fourth-order valence-corrected chi connectivity index (χ4v) is 4.65. The van der Waals surface area contributed by atoms with Crippen molar-refractivity contribution in [3.63, 3.8) is 0 Å². The van der Waals surface area contributed by atoms with E-state index in [0.29, 0.717) is 35.6 Å². The number of methoxy groups -OCH3 is 1. The zero-order valence-electron chi connectivity index (χ0n) is 21.0. The number of carbonyl (C=O) groups excluding carboxylic acids is 1. The Bertz CT molecular complexity index is 1270. The molecule has 192 valence electrons. The largest absolute Gasteiger partial charge is 0.493 e. The Morgan fingerprint density at radius 1 is 1.11 bits per heavy atom. The molecule has 9 heteroatoms. The van der Waals surface area contributed by atoms with Crippen molar-refractivity contribution in [1.29, 1.82) is 5.41 Å². The van der Waals surface area contributed by atoms with Gasteiger partial charge in [0.1, 0.15) is 24.0 Å². The molecule has 0 saturated heterocycles. The SMILES string of the molecule is C=CCc1ccc(OCCOc2ccc(/C=C3/C(=N)N4N=C(CCCC)SC4=NC3=O)cc2)c(OC)c1. The van der Waals surface area contributed by atoms with E-state index in [1.165, 1.54) is 16.8 Å². The van der Waals surface area contributed by atoms with Gasteiger partial charge in [-0.2, -0.15) is 15.1 Å². The van der Waals surface area contributed by atoms with Crippen molar-refractivity contribution in [2.45, 2.75) is 32.6 Å². The maximum atomic E-state index is 12.6. The molecule has 2 aliphatic rings. The first-order valence-electron chi connectivity index (χ1n) is 12.1. The van der Waals surface area contributed by atoms with Crippen LogP contribution in [-0.2, 0) is 11.2 Å². The molecule has 0 aromatic heterocycles. The lowest BCUT2D eigenvalue weighted by Crippen LogP contribution is -2.35. The average Bonchev–Trinajstić information content (AvgIpc) is 3.32. The standard InChI is InChI=1S/C28H30N4O4S/c1-4-6-8-25-31-32-26(29)22(27(33)30-28(32)37-25)17-20-9-12-21(13-10-20)35-15-16-36-23-14-11-19(7-5-2)18-24(23)34-3/h5,9-14,17-18,29H,2,4,6-8,15-16H2,1,3H3/b22-17-,29-26?. The Morgan fingerprint density at radius 2 is 1.89 bits per heavy atom. The van der Waals surface area contributed by atoms with Crippen LogP contribution in [0.5, 0.6) is 17.2 Å². The Balaban J connectivity index is 1.33. The summed E-state index contributed by atoms with van der Waals surface area (Å²) in [7, 11) is 1.61. The first kappa shape index (κ1) is 26.2. The van der Waals surface area contributed by atoms with Crippen molar-refractivity contribution in [3.05, 3.63) is 71.8 Å². The molecule has 0 radical (unpaired) electrons. The molecule has 1 N–H and O–H groups in total. The van der Waals surface area contributed by atoms with E-state index in [2.05, 4.69) is 23.6 Å². The van der Waals surface area contributed by atoms with Crippen molar-refractivity contribution in [1.82, 2.24) is 5.01 Å². The number of aliphatic imine (C=N–C) groups is 1. The molecular formula is C28H30N4O4S. The molecule has 0 bridgehead atoms. The zero-order valence-corrected chi connectivity index (χ0v) is 21.8. The van der Waals surface area contributed by atoms with E-state index in [9.17, 15) is 4.79 Å². The summed E-state index contributed by atoms with van der Waals surface area (Å²) < 4.78 is 17.0. The summed E-state index contributed by atoms with van der Waals surface area (Å²) in [6, 6.07) is 13.1. The first-order valence-corrected chi connectivity index (χ1v) is 13.0. The monoisotopic (exact) mass is 518 g/mol. The van der Waals surface area contributed by atoms with Gasteiger partial charge < -0.3 is 14.2 Å². The maximum absolute atomic E-state index is 12.6. The van der Waals surface area contributed by atoms with Gasteiger partial charge in [-0.05, 0) is 72.5 Å². The third kappa shape index (κ3) is 6.48. The predicted octanol–water partition coefficient (Wildman–Crippen LogP) is 5.69. The van der Waals surface area contributed by atoms with Crippen LogP contribution in [0.2, 0.25) is 0 Å². The summed E-state index contributed by atoms with van der Waals surface area (Å²) in [6.45, 7) is 6.57. The number of thioether (sulfide) groups is 1. The van der Waals surface area contributed by atoms with Gasteiger partial charge in [0.15, 0.2) is 17.3 Å². The van der Waals surface area contributed by atoms with E-state index in [0.717, 1.165) is 41.9 Å². The molecule has 8 nitrogen and oxygen atoms in total. The van der Waals surface area contributed by atoms with Gasteiger partial charge in [0.25, 0.3) is 5.91 Å². The van der Waals surface area contributed by atoms with Gasteiger partial charge >= 0.3 is 0 Å². The minimum atomic E-state index is -0.430. The van der Waals surface area contributed by atoms with E-state index < -0.39 is 5.91 Å². The lowest BCUT2D eigenvalue weighted by atomic mass is 10.1. The number of carbonyl (C=O) groups is 1. The number of unbranched alkanes of at least 4 members (excludes halogenated alkanes) is 1. The number of fused-ring (bicyclic) bond motifs is 1. The molecule has 0 unspecified atom stereocenters. The van der Waals surface area contributed by atoms with Gasteiger partial charge in [-0.15, -0.1) is 6.58 Å². The number of nitrogens with zero attached hydrogens (tertiary/aromatic N) is 3. The molecular weight excluding hydrogens is 488 g/mol. The van der Waals surface area contributed by atoms with Crippen LogP contribution in [-0.4, -0.2) is 47.3 Å². The molecule has 4 rings (SSSR count). The summed E-state index contributed by atoms with van der Waals surface area (Å²) in [5.41, 5.74) is 2.08. The molecule has 0 saturated carbocycles. The van der Waals surface area contributed by atoms with Gasteiger partial charge in [-0.3, -0.25) is 10.2 Å². The molecule has 2 aliphatic heterocycles. The summed E-state index contributed by atoms with van der Waals surface area (Å²) in [5, 5.41) is 15.8. The van der Waals surface area contributed by atoms with Crippen molar-refractivity contribution in [3.8, 4) is 17.2 Å². The number of amides is 1. The Hall–Kier alpha value is -3.85. The molecule has 37 heavy (non-hydrogen) atoms. The van der Waals surface area contributed by atoms with Crippen molar-refractivity contribution >= 4 is 39.8 Å². The quantitative estimate of drug-likeness (QED) is 0.220. The minimum Gasteiger partial charge on any atom is -0.493 e. The first-order chi connectivity index (χ1) is 18.0. The fourth-order valence-electron chi connectivity index (χ4n) is 3.72. The number of hydrogen-bond donors (Lipinski definition) is 1. The third-order valence-corrected chi connectivity index (χ3v) is 6.62. The number of ether oxygens (including phenoxy) is 3. The van der Waals surface area contributed by atoms with E-state index >= 15 is 0 Å². The van der Waals surface area contributed by atoms with E-state index in [1.54, 1.807) is 13.2 Å². The topological polar surface area (TPSA) is 96.6 Å². The average molecular weight is 519 g/mol. The Morgan fingerprint density at radius 3 is 2.62 bits per heavy atom. The molecule has 0 spiro atoms. The lowest BCUT2D eigenvalue weighted by molar-refractivity contribution is -0.114. The number of amidine groups is 2. The second kappa shape index (κ2) is 12.4. The number of nitrogens with one attached hydrogen (secondary N) is 1. The number of rotatable bonds is 12. The van der Waals surface area contributed by atoms with Gasteiger partial charge in [-0.25, -0.2) is 0 Å². The van der Waals surface area contributed by atoms with Crippen LogP contribution in [0.15, 0.2) is 70.8 Å². The Kier molecular flexibility index (Phi) is 8.79. The van der Waals surface area contributed by atoms with Crippen molar-refractivity contribution in [2.24, 2.45) is 10.1 Å². The summed E-state index contributed by atoms with van der Waals surface area (Å²) >= 11 is 1.36. The molecule has 1 amide bonds. The van der Waals surface area contributed by atoms with Crippen LogP contribution >= 0.6 is 11.8 Å². The van der Waals surface area contributed by atoms with Crippen LogP contribution in [0.1, 0.15) is 37.3 Å². The molecule has 2 aromatic rings. The van der Waals surface area contributed by atoms with Crippen LogP contribution in [0.25, 0.3) is 6.08 Å². The van der Waals surface area contributed by atoms with E-state index in [1.807, 2.05) is 48.5 Å². The number of hydrogen-bond acceptors (Lipinski definition) is 7. The fraction of sp³-hybridized carbons (Fsp3) is 0.286. The van der Waals surface area contributed by atoms with Gasteiger partial charge in [0.05, 0.1) is 12.7 Å². The second-order valence-electron chi connectivity index (χ2n) is 8.36. The van der Waals surface area contributed by atoms with Gasteiger partial charge in [0.2, 0.25) is 5.17 Å². The number of allylic oxidation sites excluding steroid dienone is 1. The summed E-state index contributed by atoms with van der Waals surface area (Å²) in [5.74, 6) is 1.61. The zero-order chi connectivity index (χ0) is 26.2. The Labute approximate surface area is 221 Å². The van der Waals surface area contributed by atoms with Crippen LogP contribution in [0.4, 0.5) is 0 Å². The van der Waals surface area contributed by atoms with Gasteiger partial charge in [-0.1, -0.05) is 37.6 Å². The third-order valence-electron chi connectivity index (χ3n) is 5.65. The van der Waals surface area contributed by atoms with E-state index in [-0.39, 0.29) is 11.4 Å². The molecule has 0 fully saturated rings. The summed E-state index contributed by atoms with van der Waals surface area (Å²) in [4.78, 5) is 16.7. The van der Waals surface area contributed by atoms with Crippen molar-refractivity contribution in [2.75, 3.05) is 20.3 Å². The highest BCUT2D eigenvalue weighted by molar-refractivity contribution is 8.26. The number of benzene rings is 2. The highest BCUT2D eigenvalue weighted by Gasteiger charge is 2.35. The number of hydrazone groups is 1. The minimum absolute atomic E-state index is 0.0411. The smallest absolute Gasteiger partial charge is 0.283 e. The van der Waals surface area contributed by atoms with Gasteiger partial charge in [0, 0.05) is 0 Å². The van der Waals surface area contributed by atoms with Crippen LogP contribution in [0, 0.1) is 5.41 Å².